The van der Waals surface area contributed by atoms with Crippen LogP contribution in [-0.4, -0.2) is 5.78 Å². The molecule has 0 fully saturated rings. The van der Waals surface area contributed by atoms with E-state index >= 15 is 0 Å². The lowest BCUT2D eigenvalue weighted by molar-refractivity contribution is 0.0992. The minimum atomic E-state index is 0.149. The summed E-state index contributed by atoms with van der Waals surface area (Å²) in [6, 6.07) is 13.8. The second-order valence-electron chi connectivity index (χ2n) is 4.51. The summed E-state index contributed by atoms with van der Waals surface area (Å²) in [6.07, 6.45) is 0.454. The zero-order chi connectivity index (χ0) is 13.1. The lowest BCUT2D eigenvalue weighted by Gasteiger charge is -2.07. The first-order chi connectivity index (χ1) is 8.58. The van der Waals surface area contributed by atoms with Crippen molar-refractivity contribution in [2.24, 2.45) is 0 Å². The fourth-order valence-corrected chi connectivity index (χ4v) is 2.45. The predicted molar refractivity (Wildman–Crippen MR) is 78.1 cm³/mol. The highest BCUT2D eigenvalue weighted by Gasteiger charge is 2.11. The normalized spacial score (nSPS) is 10.4. The van der Waals surface area contributed by atoms with Gasteiger partial charge in [0, 0.05) is 16.5 Å². The molecule has 0 aromatic heterocycles. The number of ketones is 1. The molecule has 0 amide bonds. The molecule has 0 bridgehead atoms. The van der Waals surface area contributed by atoms with Crippen LogP contribution in [0, 0.1) is 13.8 Å². The average molecular weight is 303 g/mol. The molecule has 0 aliphatic carbocycles. The molecule has 0 aliphatic rings. The predicted octanol–water partition coefficient (Wildman–Crippen LogP) is 4.49. The maximum Gasteiger partial charge on any atom is 0.168 e. The maximum atomic E-state index is 12.3. The first kappa shape index (κ1) is 13.0. The molecule has 0 N–H and O–H groups in total. The summed E-state index contributed by atoms with van der Waals surface area (Å²) < 4.78 is 0.861. The van der Waals surface area contributed by atoms with Gasteiger partial charge in [-0.05, 0) is 31.0 Å². The van der Waals surface area contributed by atoms with Crippen molar-refractivity contribution in [1.82, 2.24) is 0 Å². The van der Waals surface area contributed by atoms with E-state index in [9.17, 15) is 4.79 Å². The Labute approximate surface area is 116 Å². The van der Waals surface area contributed by atoms with Crippen LogP contribution in [-0.2, 0) is 6.42 Å². The molecular weight excluding hydrogens is 288 g/mol. The van der Waals surface area contributed by atoms with Gasteiger partial charge in [-0.25, -0.2) is 0 Å². The van der Waals surface area contributed by atoms with Crippen molar-refractivity contribution in [3.05, 3.63) is 69.2 Å². The molecule has 0 atom stereocenters. The van der Waals surface area contributed by atoms with Crippen LogP contribution in [0.5, 0.6) is 0 Å². The third-order valence-electron chi connectivity index (χ3n) is 3.03. The molecule has 0 aliphatic heterocycles. The minimum Gasteiger partial charge on any atom is -0.294 e. The highest BCUT2D eigenvalue weighted by atomic mass is 79.9. The Bertz CT molecular complexity index is 587. The lowest BCUT2D eigenvalue weighted by Crippen LogP contribution is -2.05. The monoisotopic (exact) mass is 302 g/mol. The first-order valence-corrected chi connectivity index (χ1v) is 6.71. The second kappa shape index (κ2) is 5.49. The Morgan fingerprint density at radius 3 is 2.56 bits per heavy atom. The summed E-state index contributed by atoms with van der Waals surface area (Å²) in [5.41, 5.74) is 4.21. The van der Waals surface area contributed by atoms with Gasteiger partial charge in [0.2, 0.25) is 0 Å². The molecule has 0 unspecified atom stereocenters. The van der Waals surface area contributed by atoms with E-state index in [1.54, 1.807) is 0 Å². The summed E-state index contributed by atoms with van der Waals surface area (Å²) in [5, 5.41) is 0. The number of Topliss-reactive ketones (excluding diaryl/α,β-unsaturated/α-hetero) is 1. The molecule has 92 valence electrons. The van der Waals surface area contributed by atoms with Crippen LogP contribution in [0.2, 0.25) is 0 Å². The molecule has 1 nitrogen and oxygen atoms in total. The van der Waals surface area contributed by atoms with Crippen LogP contribution in [0.25, 0.3) is 0 Å². The zero-order valence-electron chi connectivity index (χ0n) is 10.5. The third kappa shape index (κ3) is 2.88. The highest BCUT2D eigenvalue weighted by Crippen LogP contribution is 2.19. The largest absolute Gasteiger partial charge is 0.294 e. The average Bonchev–Trinajstić information content (AvgIpc) is 2.34. The molecule has 0 saturated carbocycles. The lowest BCUT2D eigenvalue weighted by atomic mass is 9.98. The Balaban J connectivity index is 2.27. The summed E-state index contributed by atoms with van der Waals surface area (Å²) >= 11 is 3.42. The number of hydrogen-bond acceptors (Lipinski definition) is 1. The van der Waals surface area contributed by atoms with Gasteiger partial charge in [-0.1, -0.05) is 57.9 Å². The van der Waals surface area contributed by atoms with Gasteiger partial charge < -0.3 is 0 Å². The van der Waals surface area contributed by atoms with Gasteiger partial charge in [-0.2, -0.15) is 0 Å². The fourth-order valence-electron chi connectivity index (χ4n) is 1.95. The third-order valence-corrected chi connectivity index (χ3v) is 3.72. The Hall–Kier alpha value is -1.41. The van der Waals surface area contributed by atoms with E-state index in [1.807, 2.05) is 38.1 Å². The molecule has 0 saturated heterocycles. The van der Waals surface area contributed by atoms with Gasteiger partial charge >= 0.3 is 0 Å². The summed E-state index contributed by atoms with van der Waals surface area (Å²) in [5.74, 6) is 0.149. The van der Waals surface area contributed by atoms with Crippen molar-refractivity contribution in [1.29, 1.82) is 0 Å². The highest BCUT2D eigenvalue weighted by molar-refractivity contribution is 9.10. The van der Waals surface area contributed by atoms with Gasteiger partial charge in [-0.15, -0.1) is 0 Å². The van der Waals surface area contributed by atoms with Crippen LogP contribution in [0.3, 0.4) is 0 Å². The second-order valence-corrected chi connectivity index (χ2v) is 5.36. The minimum absolute atomic E-state index is 0.149. The topological polar surface area (TPSA) is 17.1 Å². The molecule has 18 heavy (non-hydrogen) atoms. The number of halogens is 1. The van der Waals surface area contributed by atoms with E-state index in [-0.39, 0.29) is 5.78 Å². The van der Waals surface area contributed by atoms with E-state index in [2.05, 4.69) is 34.1 Å². The molecule has 0 heterocycles. The zero-order valence-corrected chi connectivity index (χ0v) is 12.1. The molecule has 0 spiro atoms. The molecule has 2 aromatic rings. The van der Waals surface area contributed by atoms with Crippen LogP contribution in [0.4, 0.5) is 0 Å². The molecule has 2 heteroatoms. The summed E-state index contributed by atoms with van der Waals surface area (Å²) in [6.45, 7) is 4.09. The van der Waals surface area contributed by atoms with E-state index in [1.165, 1.54) is 11.1 Å². The Morgan fingerprint density at radius 1 is 1.11 bits per heavy atom. The van der Waals surface area contributed by atoms with Crippen LogP contribution in [0.15, 0.2) is 46.9 Å². The van der Waals surface area contributed by atoms with Crippen molar-refractivity contribution in [3.63, 3.8) is 0 Å². The van der Waals surface area contributed by atoms with Crippen molar-refractivity contribution >= 4 is 21.7 Å². The van der Waals surface area contributed by atoms with Crippen molar-refractivity contribution in [2.75, 3.05) is 0 Å². The Kier molecular flexibility index (Phi) is 3.97. The number of hydrogen-bond donors (Lipinski definition) is 0. The summed E-state index contributed by atoms with van der Waals surface area (Å²) in [7, 11) is 0. The molecular formula is C16H15BrO. The van der Waals surface area contributed by atoms with Crippen molar-refractivity contribution in [3.8, 4) is 0 Å². The molecule has 2 aromatic carbocycles. The number of carbonyl (C=O) groups excluding carboxylic acids is 1. The van der Waals surface area contributed by atoms with Crippen molar-refractivity contribution < 1.29 is 4.79 Å². The fraction of sp³-hybridized carbons (Fsp3) is 0.188. The van der Waals surface area contributed by atoms with E-state index in [0.717, 1.165) is 15.6 Å². The van der Waals surface area contributed by atoms with E-state index < -0.39 is 0 Å². The SMILES string of the molecule is Cc1ccc(C)c(CC(=O)c2ccccc2Br)c1. The van der Waals surface area contributed by atoms with E-state index in [0.29, 0.717) is 6.42 Å². The van der Waals surface area contributed by atoms with Gasteiger partial charge in [-0.3, -0.25) is 4.79 Å². The number of benzene rings is 2. The van der Waals surface area contributed by atoms with Crippen LogP contribution < -0.4 is 0 Å². The Morgan fingerprint density at radius 2 is 1.83 bits per heavy atom. The van der Waals surface area contributed by atoms with Crippen molar-refractivity contribution in [2.45, 2.75) is 20.3 Å². The van der Waals surface area contributed by atoms with Gasteiger partial charge in [0.25, 0.3) is 0 Å². The van der Waals surface area contributed by atoms with Gasteiger partial charge in [0.15, 0.2) is 5.78 Å². The van der Waals surface area contributed by atoms with Gasteiger partial charge in [0.05, 0.1) is 0 Å². The number of rotatable bonds is 3. The quantitative estimate of drug-likeness (QED) is 0.763. The molecule has 2 rings (SSSR count). The first-order valence-electron chi connectivity index (χ1n) is 5.92. The standard InChI is InChI=1S/C16H15BrO/c1-11-7-8-12(2)13(9-11)10-16(18)14-5-3-4-6-15(14)17/h3-9H,10H2,1-2H3. The maximum absolute atomic E-state index is 12.3. The van der Waals surface area contributed by atoms with Crippen LogP contribution in [0.1, 0.15) is 27.0 Å². The van der Waals surface area contributed by atoms with Gasteiger partial charge in [0.1, 0.15) is 0 Å². The van der Waals surface area contributed by atoms with Crippen LogP contribution >= 0.6 is 15.9 Å². The van der Waals surface area contributed by atoms with E-state index in [4.69, 9.17) is 0 Å². The summed E-state index contributed by atoms with van der Waals surface area (Å²) in [4.78, 5) is 12.3. The molecule has 0 radical (unpaired) electrons. The number of carbonyl (C=O) groups is 1. The smallest absolute Gasteiger partial charge is 0.168 e. The number of aryl methyl sites for hydroxylation is 2.